The topological polar surface area (TPSA) is 98.0 Å². The first-order chi connectivity index (χ1) is 12.1. The summed E-state index contributed by atoms with van der Waals surface area (Å²) in [4.78, 5) is 23.8. The Morgan fingerprint density at radius 1 is 1.24 bits per heavy atom. The number of amides is 1. The summed E-state index contributed by atoms with van der Waals surface area (Å²) in [5.41, 5.74) is 0.295. The lowest BCUT2D eigenvalue weighted by Crippen LogP contribution is -2.15. The molecule has 1 amide bonds. The zero-order valence-electron chi connectivity index (χ0n) is 12.7. The van der Waals surface area contributed by atoms with Gasteiger partial charge in [-0.15, -0.1) is 21.5 Å². The first-order valence-electron chi connectivity index (χ1n) is 7.12. The Morgan fingerprint density at radius 3 is 2.84 bits per heavy atom. The van der Waals surface area contributed by atoms with Crippen molar-refractivity contribution in [3.05, 3.63) is 62.3 Å². The summed E-state index contributed by atoms with van der Waals surface area (Å²) in [6.07, 6.45) is -0.0889. The van der Waals surface area contributed by atoms with E-state index in [0.717, 1.165) is 10.1 Å². The van der Waals surface area contributed by atoms with Crippen LogP contribution in [0.15, 0.2) is 46.1 Å². The number of carbonyl (C=O) groups is 1. The Kier molecular flexibility index (Phi) is 5.74. The fraction of sp³-hybridized carbons (Fsp3) is 0.133. The molecule has 1 N–H and O–H groups in total. The number of nitrogens with one attached hydrogen (secondary N) is 1. The lowest BCUT2D eigenvalue weighted by molar-refractivity contribution is -0.385. The molecule has 3 aromatic rings. The highest BCUT2D eigenvalue weighted by molar-refractivity contribution is 8.00. The summed E-state index contributed by atoms with van der Waals surface area (Å²) < 4.78 is 0.759. The van der Waals surface area contributed by atoms with Gasteiger partial charge in [0.1, 0.15) is 0 Å². The molecule has 0 aliphatic rings. The van der Waals surface area contributed by atoms with Crippen molar-refractivity contribution >= 4 is 51.2 Å². The van der Waals surface area contributed by atoms with Crippen LogP contribution in [-0.2, 0) is 17.0 Å². The van der Waals surface area contributed by atoms with E-state index in [4.69, 9.17) is 0 Å². The minimum Gasteiger partial charge on any atom is -0.300 e. The number of nitro groups is 1. The summed E-state index contributed by atoms with van der Waals surface area (Å²) in [6.45, 7) is 0. The Labute approximate surface area is 155 Å². The first-order valence-corrected chi connectivity index (χ1v) is 9.81. The molecule has 0 saturated carbocycles. The van der Waals surface area contributed by atoms with Crippen molar-refractivity contribution < 1.29 is 9.72 Å². The lowest BCUT2D eigenvalue weighted by atomic mass is 10.1. The first kappa shape index (κ1) is 17.5. The Bertz CT molecular complexity index is 880. The Hall–Kier alpha value is -2.30. The van der Waals surface area contributed by atoms with Crippen molar-refractivity contribution in [1.29, 1.82) is 0 Å². The fourth-order valence-electron chi connectivity index (χ4n) is 2.02. The van der Waals surface area contributed by atoms with Crippen LogP contribution in [0.3, 0.4) is 0 Å². The van der Waals surface area contributed by atoms with E-state index in [1.54, 1.807) is 41.3 Å². The van der Waals surface area contributed by atoms with E-state index < -0.39 is 4.92 Å². The average molecular weight is 392 g/mol. The van der Waals surface area contributed by atoms with Gasteiger partial charge in [0, 0.05) is 22.3 Å². The molecule has 0 bridgehead atoms. The van der Waals surface area contributed by atoms with Crippen LogP contribution in [0, 0.1) is 10.1 Å². The molecule has 0 fully saturated rings. The van der Waals surface area contributed by atoms with E-state index in [9.17, 15) is 14.9 Å². The third kappa shape index (κ3) is 4.84. The van der Waals surface area contributed by atoms with Crippen molar-refractivity contribution in [3.63, 3.8) is 0 Å². The molecule has 128 valence electrons. The van der Waals surface area contributed by atoms with Crippen LogP contribution in [0.5, 0.6) is 0 Å². The minimum absolute atomic E-state index is 0.0675. The van der Waals surface area contributed by atoms with Crippen LogP contribution < -0.4 is 5.32 Å². The van der Waals surface area contributed by atoms with Crippen LogP contribution in [0.2, 0.25) is 0 Å². The number of thiophene rings is 1. The molecule has 0 atom stereocenters. The van der Waals surface area contributed by atoms with E-state index in [2.05, 4.69) is 15.5 Å². The summed E-state index contributed by atoms with van der Waals surface area (Å²) in [5.74, 6) is 0.441. The largest absolute Gasteiger partial charge is 0.300 e. The molecule has 0 radical (unpaired) electrons. The van der Waals surface area contributed by atoms with Gasteiger partial charge in [-0.3, -0.25) is 14.9 Å². The quantitative estimate of drug-likeness (QED) is 0.283. The number of benzene rings is 1. The number of nitrogens with zero attached hydrogens (tertiary/aromatic N) is 3. The number of para-hydroxylation sites is 1. The van der Waals surface area contributed by atoms with Crippen LogP contribution in [0.25, 0.3) is 0 Å². The monoisotopic (exact) mass is 392 g/mol. The number of nitro benzene ring substituents is 1. The van der Waals surface area contributed by atoms with Crippen molar-refractivity contribution in [2.45, 2.75) is 16.5 Å². The number of hydrogen-bond donors (Lipinski definition) is 1. The fourth-order valence-corrected chi connectivity index (χ4v) is 4.56. The van der Waals surface area contributed by atoms with Gasteiger partial charge >= 0.3 is 0 Å². The van der Waals surface area contributed by atoms with Crippen LogP contribution in [0.4, 0.5) is 10.8 Å². The Balaban J connectivity index is 1.57. The summed E-state index contributed by atoms with van der Waals surface area (Å²) in [7, 11) is 0. The molecule has 25 heavy (non-hydrogen) atoms. The number of aromatic nitrogens is 2. The Morgan fingerprint density at radius 2 is 2.08 bits per heavy atom. The second-order valence-corrected chi connectivity index (χ2v) is 8.08. The minimum atomic E-state index is -0.493. The van der Waals surface area contributed by atoms with Gasteiger partial charge in [0.05, 0.1) is 11.3 Å². The summed E-state index contributed by atoms with van der Waals surface area (Å²) >= 11 is 4.51. The molecular weight excluding hydrogens is 380 g/mol. The highest BCUT2D eigenvalue weighted by atomic mass is 32.2. The van der Waals surface area contributed by atoms with Gasteiger partial charge < -0.3 is 5.32 Å². The normalized spacial score (nSPS) is 10.6. The van der Waals surface area contributed by atoms with E-state index in [-0.39, 0.29) is 18.0 Å². The maximum absolute atomic E-state index is 12.1. The molecule has 2 aromatic heterocycles. The zero-order chi connectivity index (χ0) is 17.6. The van der Waals surface area contributed by atoms with Crippen LogP contribution in [0.1, 0.15) is 10.4 Å². The van der Waals surface area contributed by atoms with Crippen molar-refractivity contribution in [1.82, 2.24) is 10.2 Å². The molecule has 10 heteroatoms. The van der Waals surface area contributed by atoms with Gasteiger partial charge in [-0.2, -0.15) is 0 Å². The summed E-state index contributed by atoms with van der Waals surface area (Å²) in [5, 5.41) is 24.0. The van der Waals surface area contributed by atoms with E-state index in [0.29, 0.717) is 10.7 Å². The van der Waals surface area contributed by atoms with Gasteiger partial charge in [-0.1, -0.05) is 47.4 Å². The van der Waals surface area contributed by atoms with Gasteiger partial charge in [0.2, 0.25) is 11.0 Å². The predicted molar refractivity (Wildman–Crippen MR) is 99.2 cm³/mol. The number of carbonyl (C=O) groups excluding carboxylic acids is 1. The van der Waals surface area contributed by atoms with E-state index >= 15 is 0 Å². The number of thioether (sulfide) groups is 1. The predicted octanol–water partition coefficient (Wildman–Crippen LogP) is 3.98. The second kappa shape index (κ2) is 8.19. The van der Waals surface area contributed by atoms with Gasteiger partial charge in [-0.05, 0) is 11.4 Å². The lowest BCUT2D eigenvalue weighted by Gasteiger charge is -2.02. The molecule has 2 heterocycles. The van der Waals surface area contributed by atoms with Crippen LogP contribution in [-0.4, -0.2) is 21.0 Å². The molecule has 0 spiro atoms. The molecule has 0 saturated heterocycles. The molecule has 1 aromatic carbocycles. The third-order valence-electron chi connectivity index (χ3n) is 3.11. The molecular formula is C15H12N4O3S3. The SMILES string of the molecule is O=C(Cc1ccccc1[N+](=O)[O-])Nc1nnc(SCc2cccs2)s1. The van der Waals surface area contributed by atoms with Crippen LogP contribution >= 0.6 is 34.4 Å². The van der Waals surface area contributed by atoms with Gasteiger partial charge in [0.25, 0.3) is 5.69 Å². The summed E-state index contributed by atoms with van der Waals surface area (Å²) in [6, 6.07) is 10.2. The molecule has 3 rings (SSSR count). The smallest absolute Gasteiger partial charge is 0.273 e. The number of hydrogen-bond acceptors (Lipinski definition) is 8. The van der Waals surface area contributed by atoms with Crippen molar-refractivity contribution in [3.8, 4) is 0 Å². The standard InChI is InChI=1S/C15H12N4O3S3/c20-13(8-10-4-1-2-6-12(10)19(21)22)16-14-17-18-15(25-14)24-9-11-5-3-7-23-11/h1-7H,8-9H2,(H,16,17,20). The molecule has 0 aliphatic heterocycles. The highest BCUT2D eigenvalue weighted by Crippen LogP contribution is 2.29. The molecule has 0 aliphatic carbocycles. The maximum Gasteiger partial charge on any atom is 0.273 e. The molecule has 0 unspecified atom stereocenters. The molecule has 7 nitrogen and oxygen atoms in total. The van der Waals surface area contributed by atoms with E-state index in [1.165, 1.54) is 22.3 Å². The van der Waals surface area contributed by atoms with Crippen molar-refractivity contribution in [2.75, 3.05) is 5.32 Å². The average Bonchev–Trinajstić information content (AvgIpc) is 3.24. The zero-order valence-corrected chi connectivity index (χ0v) is 15.2. The number of anilines is 1. The van der Waals surface area contributed by atoms with Crippen molar-refractivity contribution in [2.24, 2.45) is 0 Å². The second-order valence-electron chi connectivity index (χ2n) is 4.85. The third-order valence-corrected chi connectivity index (χ3v) is 6.19. The van der Waals surface area contributed by atoms with Gasteiger partial charge in [0.15, 0.2) is 4.34 Å². The number of rotatable bonds is 7. The highest BCUT2D eigenvalue weighted by Gasteiger charge is 2.16. The van der Waals surface area contributed by atoms with E-state index in [1.807, 2.05) is 17.5 Å². The van der Waals surface area contributed by atoms with Gasteiger partial charge in [-0.25, -0.2) is 0 Å². The maximum atomic E-state index is 12.1.